The molecule has 2 aromatic rings. The smallest absolute Gasteiger partial charge is 0.240 e. The minimum atomic E-state index is 0.618. The second-order valence-corrected chi connectivity index (χ2v) is 5.72. The first-order valence-corrected chi connectivity index (χ1v) is 7.13. The Kier molecular flexibility index (Phi) is 4.90. The van der Waals surface area contributed by atoms with Crippen LogP contribution in [0.5, 0.6) is 0 Å². The molecule has 1 N–H and O–H groups in total. The summed E-state index contributed by atoms with van der Waals surface area (Å²) in [6.07, 6.45) is 0.717. The van der Waals surface area contributed by atoms with Crippen LogP contribution >= 0.6 is 0 Å². The molecule has 1 aromatic heterocycles. The number of benzene rings is 1. The molecule has 0 aliphatic heterocycles. The van der Waals surface area contributed by atoms with Crippen LogP contribution in [0.25, 0.3) is 0 Å². The van der Waals surface area contributed by atoms with Crippen LogP contribution in [0.15, 0.2) is 22.7 Å². The second kappa shape index (κ2) is 6.66. The molecule has 0 saturated carbocycles. The average molecular weight is 273 g/mol. The Balaban J connectivity index is 1.93. The van der Waals surface area contributed by atoms with Crippen molar-refractivity contribution in [3.63, 3.8) is 0 Å². The largest absolute Gasteiger partial charge is 0.338 e. The van der Waals surface area contributed by atoms with E-state index in [0.29, 0.717) is 18.4 Å². The normalized spacial score (nSPS) is 11.2. The van der Waals surface area contributed by atoms with Gasteiger partial charge >= 0.3 is 0 Å². The zero-order valence-electron chi connectivity index (χ0n) is 12.7. The van der Waals surface area contributed by atoms with Crippen LogP contribution in [0, 0.1) is 19.8 Å². The van der Waals surface area contributed by atoms with Crippen molar-refractivity contribution in [2.24, 2.45) is 5.92 Å². The highest BCUT2D eigenvalue weighted by molar-refractivity contribution is 5.31. The maximum atomic E-state index is 5.25. The molecule has 0 spiro atoms. The lowest BCUT2D eigenvalue weighted by Gasteiger charge is -2.03. The Morgan fingerprint density at radius 1 is 1.20 bits per heavy atom. The molecule has 108 valence electrons. The number of aryl methyl sites for hydroxylation is 2. The third-order valence-corrected chi connectivity index (χ3v) is 3.27. The molecule has 2 rings (SSSR count). The van der Waals surface area contributed by atoms with Gasteiger partial charge in [-0.15, -0.1) is 0 Å². The van der Waals surface area contributed by atoms with E-state index >= 15 is 0 Å². The summed E-state index contributed by atoms with van der Waals surface area (Å²) in [5.74, 6) is 2.02. The Bertz CT molecular complexity index is 561. The van der Waals surface area contributed by atoms with Crippen molar-refractivity contribution in [1.29, 1.82) is 0 Å². The van der Waals surface area contributed by atoms with E-state index in [4.69, 9.17) is 4.52 Å². The molecule has 20 heavy (non-hydrogen) atoms. The van der Waals surface area contributed by atoms with Crippen LogP contribution in [-0.2, 0) is 13.0 Å². The number of rotatable bonds is 6. The number of hydrogen-bond donors (Lipinski definition) is 1. The Morgan fingerprint density at radius 2 is 2.00 bits per heavy atom. The summed E-state index contributed by atoms with van der Waals surface area (Å²) < 4.78 is 5.25. The minimum absolute atomic E-state index is 0.618. The summed E-state index contributed by atoms with van der Waals surface area (Å²) in [6.45, 7) is 10.2. The zero-order chi connectivity index (χ0) is 14.5. The molecule has 0 saturated heterocycles. The van der Waals surface area contributed by atoms with Crippen molar-refractivity contribution in [3.8, 4) is 0 Å². The molecule has 0 unspecified atom stereocenters. The van der Waals surface area contributed by atoms with Crippen molar-refractivity contribution in [1.82, 2.24) is 15.5 Å². The predicted octanol–water partition coefficient (Wildman–Crippen LogP) is 3.02. The van der Waals surface area contributed by atoms with E-state index in [2.05, 4.69) is 61.4 Å². The molecule has 0 bridgehead atoms. The Morgan fingerprint density at radius 3 is 2.70 bits per heavy atom. The van der Waals surface area contributed by atoms with Gasteiger partial charge < -0.3 is 9.84 Å². The van der Waals surface area contributed by atoms with Gasteiger partial charge in [0.05, 0.1) is 6.54 Å². The molecule has 0 aliphatic rings. The van der Waals surface area contributed by atoms with Gasteiger partial charge in [-0.3, -0.25) is 0 Å². The van der Waals surface area contributed by atoms with E-state index < -0.39 is 0 Å². The standard InChI is InChI=1S/C16H23N3O/c1-11(2)9-17-10-16-18-15(19-20-16)8-14-6-5-12(3)13(4)7-14/h5-7,11,17H,8-10H2,1-4H3. The van der Waals surface area contributed by atoms with Crippen LogP contribution in [0.3, 0.4) is 0 Å². The molecule has 1 heterocycles. The topological polar surface area (TPSA) is 51.0 Å². The first-order valence-electron chi connectivity index (χ1n) is 7.13. The third-order valence-electron chi connectivity index (χ3n) is 3.27. The van der Waals surface area contributed by atoms with Crippen LogP contribution in [-0.4, -0.2) is 16.7 Å². The predicted molar refractivity (Wildman–Crippen MR) is 79.6 cm³/mol. The first-order chi connectivity index (χ1) is 9.54. The van der Waals surface area contributed by atoms with Crippen molar-refractivity contribution in [2.75, 3.05) is 6.54 Å². The van der Waals surface area contributed by atoms with Crippen LogP contribution in [0.4, 0.5) is 0 Å². The lowest BCUT2D eigenvalue weighted by atomic mass is 10.0. The molecular weight excluding hydrogens is 250 g/mol. The summed E-state index contributed by atoms with van der Waals surface area (Å²) >= 11 is 0. The van der Waals surface area contributed by atoms with E-state index in [1.165, 1.54) is 16.7 Å². The molecule has 0 amide bonds. The van der Waals surface area contributed by atoms with Crippen molar-refractivity contribution in [3.05, 3.63) is 46.6 Å². The van der Waals surface area contributed by atoms with Crippen LogP contribution < -0.4 is 5.32 Å². The monoisotopic (exact) mass is 273 g/mol. The minimum Gasteiger partial charge on any atom is -0.338 e. The maximum Gasteiger partial charge on any atom is 0.240 e. The van der Waals surface area contributed by atoms with Gasteiger partial charge in [-0.25, -0.2) is 0 Å². The summed E-state index contributed by atoms with van der Waals surface area (Å²) in [6, 6.07) is 6.44. The fraction of sp³-hybridized carbons (Fsp3) is 0.500. The number of aromatic nitrogens is 2. The zero-order valence-corrected chi connectivity index (χ0v) is 12.7. The van der Waals surface area contributed by atoms with E-state index in [9.17, 15) is 0 Å². The molecule has 4 heteroatoms. The van der Waals surface area contributed by atoms with E-state index in [1.54, 1.807) is 0 Å². The van der Waals surface area contributed by atoms with Gasteiger partial charge in [0.25, 0.3) is 0 Å². The Labute approximate surface area is 120 Å². The summed E-state index contributed by atoms with van der Waals surface area (Å²) in [4.78, 5) is 4.41. The van der Waals surface area contributed by atoms with Crippen LogP contribution in [0.2, 0.25) is 0 Å². The number of hydrogen-bond acceptors (Lipinski definition) is 4. The van der Waals surface area contributed by atoms with Gasteiger partial charge in [-0.1, -0.05) is 37.2 Å². The fourth-order valence-corrected chi connectivity index (χ4v) is 2.00. The molecule has 0 aliphatic carbocycles. The molecule has 0 fully saturated rings. The average Bonchev–Trinajstić information content (AvgIpc) is 2.81. The van der Waals surface area contributed by atoms with Gasteiger partial charge in [-0.05, 0) is 43.0 Å². The quantitative estimate of drug-likeness (QED) is 0.879. The van der Waals surface area contributed by atoms with Crippen molar-refractivity contribution >= 4 is 0 Å². The lowest BCUT2D eigenvalue weighted by molar-refractivity contribution is 0.360. The number of nitrogens with zero attached hydrogens (tertiary/aromatic N) is 2. The summed E-state index contributed by atoms with van der Waals surface area (Å²) in [5.41, 5.74) is 3.82. The van der Waals surface area contributed by atoms with Gasteiger partial charge in [0.1, 0.15) is 0 Å². The maximum absolute atomic E-state index is 5.25. The lowest BCUT2D eigenvalue weighted by Crippen LogP contribution is -2.19. The molecule has 0 atom stereocenters. The van der Waals surface area contributed by atoms with Gasteiger partial charge in [0.2, 0.25) is 5.89 Å². The van der Waals surface area contributed by atoms with Crippen LogP contribution in [0.1, 0.15) is 42.3 Å². The number of nitrogens with one attached hydrogen (secondary N) is 1. The molecule has 4 nitrogen and oxygen atoms in total. The van der Waals surface area contributed by atoms with E-state index in [-0.39, 0.29) is 0 Å². The third kappa shape index (κ3) is 4.17. The van der Waals surface area contributed by atoms with Gasteiger partial charge in [0.15, 0.2) is 5.82 Å². The summed E-state index contributed by atoms with van der Waals surface area (Å²) in [5, 5.41) is 7.33. The highest BCUT2D eigenvalue weighted by Crippen LogP contribution is 2.12. The first kappa shape index (κ1) is 14.7. The fourth-order valence-electron chi connectivity index (χ4n) is 2.00. The molecule has 1 aromatic carbocycles. The second-order valence-electron chi connectivity index (χ2n) is 5.72. The SMILES string of the molecule is Cc1ccc(Cc2noc(CNCC(C)C)n2)cc1C. The van der Waals surface area contributed by atoms with Gasteiger partial charge in [0, 0.05) is 6.42 Å². The van der Waals surface area contributed by atoms with Crippen molar-refractivity contribution < 1.29 is 4.52 Å². The highest BCUT2D eigenvalue weighted by Gasteiger charge is 2.07. The van der Waals surface area contributed by atoms with Gasteiger partial charge in [-0.2, -0.15) is 4.98 Å². The molecular formula is C16H23N3O. The van der Waals surface area contributed by atoms with E-state index in [1.807, 2.05) is 0 Å². The van der Waals surface area contributed by atoms with E-state index in [0.717, 1.165) is 18.8 Å². The molecule has 0 radical (unpaired) electrons. The highest BCUT2D eigenvalue weighted by atomic mass is 16.5. The Hall–Kier alpha value is -1.68. The van der Waals surface area contributed by atoms with Crippen molar-refractivity contribution in [2.45, 2.75) is 40.7 Å². The summed E-state index contributed by atoms with van der Waals surface area (Å²) in [7, 11) is 0.